The lowest BCUT2D eigenvalue weighted by atomic mass is 10.1. The number of carbonyl (C=O) groups is 2. The zero-order valence-corrected chi connectivity index (χ0v) is 15.0. The van der Waals surface area contributed by atoms with Crippen molar-refractivity contribution in [3.05, 3.63) is 57.7 Å². The number of hydrogen-bond acceptors (Lipinski definition) is 3. The van der Waals surface area contributed by atoms with Crippen LogP contribution in [-0.4, -0.2) is 30.4 Å². The molecule has 2 aliphatic heterocycles. The maximum absolute atomic E-state index is 12.4. The number of fused-ring (bicyclic) bond motifs is 3. The summed E-state index contributed by atoms with van der Waals surface area (Å²) in [6.07, 6.45) is 0.621. The van der Waals surface area contributed by atoms with Crippen LogP contribution in [0.4, 0.5) is 11.4 Å². The van der Waals surface area contributed by atoms with Gasteiger partial charge in [0.05, 0.1) is 11.4 Å². The molecule has 0 radical (unpaired) electrons. The molecule has 2 unspecified atom stereocenters. The number of hydrogen-bond donors (Lipinski definition) is 2. The van der Waals surface area contributed by atoms with Gasteiger partial charge in [-0.15, -0.1) is 0 Å². The first-order valence-corrected chi connectivity index (χ1v) is 8.92. The summed E-state index contributed by atoms with van der Waals surface area (Å²) < 4.78 is 1.09. The Hall–Kier alpha value is -2.09. The molecule has 0 bridgehead atoms. The number of nitrogens with zero attached hydrogens (tertiary/aromatic N) is 1. The molecule has 122 valence electrons. The summed E-state index contributed by atoms with van der Waals surface area (Å²) >= 11 is 2.21. The molecule has 0 saturated carbocycles. The molecule has 0 spiro atoms. The van der Waals surface area contributed by atoms with E-state index in [0.717, 1.165) is 14.9 Å². The predicted molar refractivity (Wildman–Crippen MR) is 101 cm³/mol. The van der Waals surface area contributed by atoms with Gasteiger partial charge < -0.3 is 15.5 Å². The summed E-state index contributed by atoms with van der Waals surface area (Å²) in [4.78, 5) is 26.8. The van der Waals surface area contributed by atoms with E-state index in [1.807, 2.05) is 48.5 Å². The lowest BCUT2D eigenvalue weighted by Crippen LogP contribution is -2.44. The number of para-hydroxylation sites is 2. The van der Waals surface area contributed by atoms with E-state index in [1.54, 1.807) is 0 Å². The first-order chi connectivity index (χ1) is 11.6. The zero-order valence-electron chi connectivity index (χ0n) is 12.8. The third kappa shape index (κ3) is 2.75. The number of rotatable bonds is 2. The van der Waals surface area contributed by atoms with Crippen molar-refractivity contribution in [1.82, 2.24) is 5.32 Å². The average Bonchev–Trinajstić information content (AvgIpc) is 3.00. The molecule has 24 heavy (non-hydrogen) atoms. The van der Waals surface area contributed by atoms with E-state index in [0.29, 0.717) is 18.5 Å². The second-order valence-electron chi connectivity index (χ2n) is 6.09. The largest absolute Gasteiger partial charge is 0.356 e. The molecule has 2 amide bonds. The van der Waals surface area contributed by atoms with Gasteiger partial charge in [0.2, 0.25) is 5.91 Å². The second-order valence-corrected chi connectivity index (χ2v) is 7.33. The van der Waals surface area contributed by atoms with Gasteiger partial charge in [-0.2, -0.15) is 0 Å². The van der Waals surface area contributed by atoms with E-state index < -0.39 is 0 Å². The van der Waals surface area contributed by atoms with Crippen molar-refractivity contribution in [3.8, 4) is 0 Å². The number of carbonyl (C=O) groups excluding carboxylic acids is 2. The fourth-order valence-electron chi connectivity index (χ4n) is 3.37. The van der Waals surface area contributed by atoms with Crippen molar-refractivity contribution >= 4 is 45.8 Å². The van der Waals surface area contributed by atoms with Crippen LogP contribution in [0, 0.1) is 3.57 Å². The van der Waals surface area contributed by atoms with E-state index in [1.165, 1.54) is 0 Å². The summed E-state index contributed by atoms with van der Waals surface area (Å²) in [6.45, 7) is 0.644. The fraction of sp³-hybridized carbons (Fsp3) is 0.222. The van der Waals surface area contributed by atoms with Crippen LogP contribution in [-0.2, 0) is 4.79 Å². The predicted octanol–water partition coefficient (Wildman–Crippen LogP) is 2.62. The molecule has 0 aliphatic carbocycles. The van der Waals surface area contributed by atoms with Crippen LogP contribution < -0.4 is 15.5 Å². The molecule has 1 fully saturated rings. The smallest absolute Gasteiger partial charge is 0.251 e. The number of nitrogens with one attached hydrogen (secondary N) is 2. The summed E-state index contributed by atoms with van der Waals surface area (Å²) in [5.74, 6) is -0.0929. The summed E-state index contributed by atoms with van der Waals surface area (Å²) in [5, 5.41) is 6.01. The molecule has 1 saturated heterocycles. The van der Waals surface area contributed by atoms with Crippen LogP contribution in [0.5, 0.6) is 0 Å². The van der Waals surface area contributed by atoms with E-state index in [4.69, 9.17) is 0 Å². The van der Waals surface area contributed by atoms with Gasteiger partial charge in [-0.1, -0.05) is 12.1 Å². The lowest BCUT2D eigenvalue weighted by Gasteiger charge is -2.32. The van der Waals surface area contributed by atoms with Crippen LogP contribution in [0.3, 0.4) is 0 Å². The number of halogens is 1. The number of amides is 2. The average molecular weight is 433 g/mol. The zero-order chi connectivity index (χ0) is 16.7. The topological polar surface area (TPSA) is 61.4 Å². The first-order valence-electron chi connectivity index (χ1n) is 7.85. The van der Waals surface area contributed by atoms with Gasteiger partial charge in [-0.3, -0.25) is 9.59 Å². The normalized spacial score (nSPS) is 21.7. The molecule has 6 heteroatoms. The molecule has 2 aliphatic rings. The molecule has 2 aromatic carbocycles. The van der Waals surface area contributed by atoms with Crippen molar-refractivity contribution < 1.29 is 9.59 Å². The van der Waals surface area contributed by atoms with Crippen molar-refractivity contribution in [2.75, 3.05) is 16.8 Å². The van der Waals surface area contributed by atoms with Gasteiger partial charge in [0, 0.05) is 21.7 Å². The minimum atomic E-state index is -0.220. The highest BCUT2D eigenvalue weighted by molar-refractivity contribution is 14.1. The number of benzene rings is 2. The van der Waals surface area contributed by atoms with Crippen LogP contribution >= 0.6 is 22.6 Å². The fourth-order valence-corrected chi connectivity index (χ4v) is 3.73. The van der Waals surface area contributed by atoms with Crippen LogP contribution in [0.25, 0.3) is 0 Å². The van der Waals surface area contributed by atoms with Gasteiger partial charge in [-0.05, 0) is 65.4 Å². The van der Waals surface area contributed by atoms with E-state index in [-0.39, 0.29) is 23.9 Å². The molecule has 5 nitrogen and oxygen atoms in total. The highest BCUT2D eigenvalue weighted by Crippen LogP contribution is 2.36. The maximum Gasteiger partial charge on any atom is 0.251 e. The minimum Gasteiger partial charge on any atom is -0.356 e. The summed E-state index contributed by atoms with van der Waals surface area (Å²) in [5.41, 5.74) is 2.50. The minimum absolute atomic E-state index is 0.000265. The SMILES string of the molecule is O=C(NC1CC2C(=O)Nc3ccccc3N2C1)c1ccc(I)cc1. The van der Waals surface area contributed by atoms with Gasteiger partial charge in [-0.25, -0.2) is 0 Å². The van der Waals surface area contributed by atoms with Gasteiger partial charge in [0.25, 0.3) is 5.91 Å². The Morgan fingerprint density at radius 2 is 1.92 bits per heavy atom. The molecule has 0 aromatic heterocycles. The van der Waals surface area contributed by atoms with Crippen LogP contribution in [0.1, 0.15) is 16.8 Å². The molecule has 2 atom stereocenters. The Morgan fingerprint density at radius 1 is 1.17 bits per heavy atom. The highest BCUT2D eigenvalue weighted by Gasteiger charge is 2.41. The Balaban J connectivity index is 1.51. The van der Waals surface area contributed by atoms with Gasteiger partial charge in [0.1, 0.15) is 6.04 Å². The third-order valence-electron chi connectivity index (χ3n) is 4.52. The molecular formula is C18H16IN3O2. The molecule has 4 rings (SSSR count). The van der Waals surface area contributed by atoms with E-state index in [9.17, 15) is 9.59 Å². The van der Waals surface area contributed by atoms with Crippen molar-refractivity contribution in [3.63, 3.8) is 0 Å². The van der Waals surface area contributed by atoms with Crippen molar-refractivity contribution in [2.45, 2.75) is 18.5 Å². The Morgan fingerprint density at radius 3 is 2.71 bits per heavy atom. The first kappa shape index (κ1) is 15.4. The van der Waals surface area contributed by atoms with E-state index in [2.05, 4.69) is 38.1 Å². The van der Waals surface area contributed by atoms with Gasteiger partial charge >= 0.3 is 0 Å². The molecular weight excluding hydrogens is 417 g/mol. The molecule has 2 N–H and O–H groups in total. The highest BCUT2D eigenvalue weighted by atomic mass is 127. The molecule has 2 aromatic rings. The van der Waals surface area contributed by atoms with Crippen molar-refractivity contribution in [1.29, 1.82) is 0 Å². The Bertz CT molecular complexity index is 806. The van der Waals surface area contributed by atoms with Crippen molar-refractivity contribution in [2.24, 2.45) is 0 Å². The summed E-state index contributed by atoms with van der Waals surface area (Å²) in [6, 6.07) is 15.0. The third-order valence-corrected chi connectivity index (χ3v) is 5.24. The maximum atomic E-state index is 12.4. The quantitative estimate of drug-likeness (QED) is 0.717. The standard InChI is InChI=1S/C18H16IN3O2/c19-12-7-5-11(6-8-12)17(23)20-13-9-16-18(24)21-14-3-1-2-4-15(14)22(16)10-13/h1-8,13,16H,9-10H2,(H,20,23)(H,21,24). The monoisotopic (exact) mass is 433 g/mol. The van der Waals surface area contributed by atoms with E-state index >= 15 is 0 Å². The lowest BCUT2D eigenvalue weighted by molar-refractivity contribution is -0.117. The second kappa shape index (κ2) is 6.08. The van der Waals surface area contributed by atoms with Crippen LogP contribution in [0.15, 0.2) is 48.5 Å². The Labute approximate surface area is 153 Å². The number of anilines is 2. The molecule has 2 heterocycles. The summed E-state index contributed by atoms with van der Waals surface area (Å²) in [7, 11) is 0. The van der Waals surface area contributed by atoms with Gasteiger partial charge in [0.15, 0.2) is 0 Å². The Kier molecular flexibility index (Phi) is 3.91. The van der Waals surface area contributed by atoms with Crippen LogP contribution in [0.2, 0.25) is 0 Å².